The summed E-state index contributed by atoms with van der Waals surface area (Å²) in [6, 6.07) is 0. The van der Waals surface area contributed by atoms with E-state index in [1.54, 1.807) is 0 Å². The molecule has 78 valence electrons. The molecule has 0 fully saturated rings. The highest BCUT2D eigenvalue weighted by Crippen LogP contribution is 1.85. The molecule has 0 amide bonds. The van der Waals surface area contributed by atoms with E-state index >= 15 is 0 Å². The lowest BCUT2D eigenvalue weighted by atomic mass is 10.3. The number of sulfonamides is 1. The zero-order chi connectivity index (χ0) is 10.2. The maximum atomic E-state index is 10.6. The Hall–Kier alpha value is -0.390. The van der Waals surface area contributed by atoms with Gasteiger partial charge in [0, 0.05) is 13.1 Å². The second-order valence-corrected chi connectivity index (χ2v) is 4.68. The number of hydrogen-bond donors (Lipinski definition) is 2. The molecule has 0 aliphatic rings. The van der Waals surface area contributed by atoms with Crippen LogP contribution in [0.2, 0.25) is 0 Å². The minimum Gasteiger partial charge on any atom is -0.315 e. The fraction of sp³-hybridized carbons (Fsp3) is 0.750. The first-order valence-corrected chi connectivity index (χ1v) is 6.21. The maximum Gasteiger partial charge on any atom is 0.208 e. The molecular formula is C8H18N2O2S. The summed E-state index contributed by atoms with van der Waals surface area (Å²) >= 11 is 0. The second-order valence-electron chi connectivity index (χ2n) is 2.85. The Balaban J connectivity index is 3.13. The minimum atomic E-state index is -3.03. The van der Waals surface area contributed by atoms with Gasteiger partial charge in [0.15, 0.2) is 0 Å². The summed E-state index contributed by atoms with van der Waals surface area (Å²) in [4.78, 5) is 0. The molecule has 0 aliphatic heterocycles. The van der Waals surface area contributed by atoms with E-state index in [9.17, 15) is 8.42 Å². The normalized spacial score (nSPS) is 11.5. The first kappa shape index (κ1) is 12.6. The summed E-state index contributed by atoms with van der Waals surface area (Å²) in [6.45, 7) is 5.63. The number of allylic oxidation sites excluding steroid dienone is 1. The van der Waals surface area contributed by atoms with Gasteiger partial charge in [0.2, 0.25) is 10.0 Å². The van der Waals surface area contributed by atoms with Crippen molar-refractivity contribution in [2.24, 2.45) is 0 Å². The van der Waals surface area contributed by atoms with Gasteiger partial charge in [-0.15, -0.1) is 6.58 Å². The Morgan fingerprint density at radius 3 is 2.54 bits per heavy atom. The first-order chi connectivity index (χ1) is 6.06. The molecule has 0 unspecified atom stereocenters. The Bertz CT molecular complexity index is 224. The van der Waals surface area contributed by atoms with Gasteiger partial charge in [-0.05, 0) is 19.4 Å². The number of hydrogen-bond acceptors (Lipinski definition) is 3. The molecule has 0 rings (SSSR count). The van der Waals surface area contributed by atoms with Crippen LogP contribution in [0, 0.1) is 0 Å². The van der Waals surface area contributed by atoms with Gasteiger partial charge >= 0.3 is 0 Å². The van der Waals surface area contributed by atoms with Gasteiger partial charge in [0.05, 0.1) is 6.26 Å². The molecule has 0 bridgehead atoms. The van der Waals surface area contributed by atoms with Crippen LogP contribution in [0.4, 0.5) is 0 Å². The Morgan fingerprint density at radius 1 is 1.31 bits per heavy atom. The number of unbranched alkanes of at least 4 members (excludes halogenated alkanes) is 1. The summed E-state index contributed by atoms with van der Waals surface area (Å²) in [7, 11) is -3.03. The standard InChI is InChI=1S/C8H18N2O2S/c1-3-4-5-6-9-7-8-10-13(2,11)12/h3,9-10H,1,4-8H2,2H3. The molecule has 0 heterocycles. The molecule has 0 saturated carbocycles. The van der Waals surface area contributed by atoms with Gasteiger partial charge < -0.3 is 5.32 Å². The van der Waals surface area contributed by atoms with E-state index in [4.69, 9.17) is 0 Å². The highest BCUT2D eigenvalue weighted by molar-refractivity contribution is 7.88. The molecule has 0 aliphatic carbocycles. The highest BCUT2D eigenvalue weighted by Gasteiger charge is 1.97. The summed E-state index contributed by atoms with van der Waals surface area (Å²) in [5.74, 6) is 0. The van der Waals surface area contributed by atoms with E-state index in [1.165, 1.54) is 0 Å². The Morgan fingerprint density at radius 2 is 2.00 bits per heavy atom. The predicted octanol–water partition coefficient (Wildman–Crippen LogP) is 0.0914. The molecule has 0 aromatic carbocycles. The Labute approximate surface area is 80.5 Å². The van der Waals surface area contributed by atoms with Crippen molar-refractivity contribution < 1.29 is 8.42 Å². The van der Waals surface area contributed by atoms with Crippen molar-refractivity contribution >= 4 is 10.0 Å². The van der Waals surface area contributed by atoms with Crippen molar-refractivity contribution in [3.63, 3.8) is 0 Å². The maximum absolute atomic E-state index is 10.6. The van der Waals surface area contributed by atoms with Crippen LogP contribution in [0.5, 0.6) is 0 Å². The number of rotatable bonds is 8. The number of nitrogens with one attached hydrogen (secondary N) is 2. The quantitative estimate of drug-likeness (QED) is 0.437. The average Bonchev–Trinajstić information content (AvgIpc) is 2.01. The summed E-state index contributed by atoms with van der Waals surface area (Å²) in [5, 5.41) is 3.12. The minimum absolute atomic E-state index is 0.451. The molecule has 0 radical (unpaired) electrons. The van der Waals surface area contributed by atoms with Crippen molar-refractivity contribution in [1.82, 2.24) is 10.0 Å². The predicted molar refractivity (Wildman–Crippen MR) is 55.1 cm³/mol. The van der Waals surface area contributed by atoms with Crippen molar-refractivity contribution in [2.75, 3.05) is 25.9 Å². The Kier molecular flexibility index (Phi) is 6.84. The van der Waals surface area contributed by atoms with Crippen LogP contribution in [0.1, 0.15) is 12.8 Å². The molecule has 4 nitrogen and oxygen atoms in total. The monoisotopic (exact) mass is 206 g/mol. The van der Waals surface area contributed by atoms with E-state index in [-0.39, 0.29) is 0 Å². The fourth-order valence-electron chi connectivity index (χ4n) is 0.821. The van der Waals surface area contributed by atoms with E-state index in [0.717, 1.165) is 25.6 Å². The molecule has 0 atom stereocenters. The average molecular weight is 206 g/mol. The SMILES string of the molecule is C=CCCCNCCNS(C)(=O)=O. The third-order valence-electron chi connectivity index (χ3n) is 1.43. The molecule has 0 spiro atoms. The van der Waals surface area contributed by atoms with Crippen LogP contribution in [-0.4, -0.2) is 34.3 Å². The van der Waals surface area contributed by atoms with Crippen LogP contribution >= 0.6 is 0 Å². The van der Waals surface area contributed by atoms with Crippen molar-refractivity contribution in [3.05, 3.63) is 12.7 Å². The van der Waals surface area contributed by atoms with E-state index in [2.05, 4.69) is 16.6 Å². The second kappa shape index (κ2) is 7.06. The van der Waals surface area contributed by atoms with E-state index in [1.807, 2.05) is 6.08 Å². The molecular weight excluding hydrogens is 188 g/mol. The third-order valence-corrected chi connectivity index (χ3v) is 2.16. The van der Waals surface area contributed by atoms with Gasteiger partial charge in [-0.2, -0.15) is 0 Å². The topological polar surface area (TPSA) is 58.2 Å². The van der Waals surface area contributed by atoms with Gasteiger partial charge in [0.25, 0.3) is 0 Å². The smallest absolute Gasteiger partial charge is 0.208 e. The third kappa shape index (κ3) is 11.6. The molecule has 0 aromatic rings. The van der Waals surface area contributed by atoms with Gasteiger partial charge in [-0.1, -0.05) is 6.08 Å². The van der Waals surface area contributed by atoms with Crippen molar-refractivity contribution in [2.45, 2.75) is 12.8 Å². The van der Waals surface area contributed by atoms with Crippen LogP contribution in [0.15, 0.2) is 12.7 Å². The summed E-state index contributed by atoms with van der Waals surface area (Å²) in [6.07, 6.45) is 5.07. The lowest BCUT2D eigenvalue weighted by molar-refractivity contribution is 0.580. The van der Waals surface area contributed by atoms with Crippen LogP contribution in [0.3, 0.4) is 0 Å². The summed E-state index contributed by atoms with van der Waals surface area (Å²) < 4.78 is 23.6. The largest absolute Gasteiger partial charge is 0.315 e. The molecule has 13 heavy (non-hydrogen) atoms. The zero-order valence-corrected chi connectivity index (χ0v) is 8.86. The highest BCUT2D eigenvalue weighted by atomic mass is 32.2. The van der Waals surface area contributed by atoms with Crippen molar-refractivity contribution in [3.8, 4) is 0 Å². The van der Waals surface area contributed by atoms with Gasteiger partial charge in [-0.3, -0.25) is 0 Å². The fourth-order valence-corrected chi connectivity index (χ4v) is 1.29. The molecule has 2 N–H and O–H groups in total. The lowest BCUT2D eigenvalue weighted by Gasteiger charge is -2.03. The van der Waals surface area contributed by atoms with Crippen molar-refractivity contribution in [1.29, 1.82) is 0 Å². The zero-order valence-electron chi connectivity index (χ0n) is 8.04. The molecule has 0 saturated heterocycles. The van der Waals surface area contributed by atoms with Crippen LogP contribution < -0.4 is 10.0 Å². The molecule has 5 heteroatoms. The summed E-state index contributed by atoms with van der Waals surface area (Å²) in [5.41, 5.74) is 0. The van der Waals surface area contributed by atoms with Crippen LogP contribution in [0.25, 0.3) is 0 Å². The van der Waals surface area contributed by atoms with E-state index in [0.29, 0.717) is 13.1 Å². The molecule has 0 aromatic heterocycles. The van der Waals surface area contributed by atoms with Gasteiger partial charge in [0.1, 0.15) is 0 Å². The van der Waals surface area contributed by atoms with Gasteiger partial charge in [-0.25, -0.2) is 13.1 Å². The van der Waals surface area contributed by atoms with E-state index < -0.39 is 10.0 Å². The first-order valence-electron chi connectivity index (χ1n) is 4.32. The van der Waals surface area contributed by atoms with Crippen LogP contribution in [-0.2, 0) is 10.0 Å². The lowest BCUT2D eigenvalue weighted by Crippen LogP contribution is -2.31.